The second kappa shape index (κ2) is 7.02. The number of rotatable bonds is 7. The van der Waals surface area contributed by atoms with Crippen molar-refractivity contribution in [3.05, 3.63) is 12.2 Å². The minimum Gasteiger partial charge on any atom is -0.374 e. The van der Waals surface area contributed by atoms with Crippen molar-refractivity contribution >= 4 is 0 Å². The molecule has 2 heteroatoms. The third-order valence-corrected chi connectivity index (χ3v) is 2.63. The van der Waals surface area contributed by atoms with Crippen LogP contribution in [-0.2, 0) is 4.74 Å². The van der Waals surface area contributed by atoms with Crippen LogP contribution in [0.2, 0.25) is 0 Å². The molecule has 14 heavy (non-hydrogen) atoms. The molecule has 0 aliphatic heterocycles. The molecule has 0 radical (unpaired) electrons. The summed E-state index contributed by atoms with van der Waals surface area (Å²) in [5.41, 5.74) is 1.17. The summed E-state index contributed by atoms with van der Waals surface area (Å²) in [4.78, 5) is 0. The Labute approximate surface area is 87.7 Å². The average Bonchev–Trinajstić information content (AvgIpc) is 2.68. The van der Waals surface area contributed by atoms with E-state index in [1.54, 1.807) is 0 Å². The van der Waals surface area contributed by atoms with Gasteiger partial charge in [0.1, 0.15) is 0 Å². The van der Waals surface area contributed by atoms with Crippen molar-refractivity contribution in [2.24, 2.45) is 0 Å². The third-order valence-electron chi connectivity index (χ3n) is 2.63. The smallest absolute Gasteiger partial charge is 0.0690 e. The molecule has 0 saturated heterocycles. The van der Waals surface area contributed by atoms with Gasteiger partial charge in [-0.15, -0.1) is 0 Å². The molecule has 82 valence electrons. The van der Waals surface area contributed by atoms with E-state index in [0.29, 0.717) is 6.10 Å². The van der Waals surface area contributed by atoms with Crippen LogP contribution in [0.25, 0.3) is 0 Å². The predicted octanol–water partition coefficient (Wildman–Crippen LogP) is 2.50. The minimum atomic E-state index is 0.512. The van der Waals surface area contributed by atoms with Crippen LogP contribution in [0.1, 0.15) is 39.0 Å². The van der Waals surface area contributed by atoms with Gasteiger partial charge in [-0.2, -0.15) is 0 Å². The summed E-state index contributed by atoms with van der Waals surface area (Å²) < 4.78 is 5.76. The second-order valence-electron chi connectivity index (χ2n) is 4.14. The molecule has 1 aliphatic rings. The van der Waals surface area contributed by atoms with Crippen LogP contribution in [0.5, 0.6) is 0 Å². The zero-order chi connectivity index (χ0) is 10.2. The lowest BCUT2D eigenvalue weighted by atomic mass is 10.3. The molecule has 0 unspecified atom stereocenters. The summed E-state index contributed by atoms with van der Waals surface area (Å²) in [6.45, 7) is 8.88. The SMILES string of the molecule is C=C(CNCCC)COC1CCCC1. The fourth-order valence-corrected chi connectivity index (χ4v) is 1.78. The van der Waals surface area contributed by atoms with Gasteiger partial charge in [-0.3, -0.25) is 0 Å². The lowest BCUT2D eigenvalue weighted by molar-refractivity contribution is 0.0746. The highest BCUT2D eigenvalue weighted by Gasteiger charge is 2.14. The van der Waals surface area contributed by atoms with E-state index in [-0.39, 0.29) is 0 Å². The molecule has 0 amide bonds. The molecule has 0 spiro atoms. The fourth-order valence-electron chi connectivity index (χ4n) is 1.78. The number of nitrogens with one attached hydrogen (secondary N) is 1. The van der Waals surface area contributed by atoms with E-state index >= 15 is 0 Å². The van der Waals surface area contributed by atoms with Gasteiger partial charge in [0.15, 0.2) is 0 Å². The molecule has 1 rings (SSSR count). The zero-order valence-electron chi connectivity index (χ0n) is 9.35. The minimum absolute atomic E-state index is 0.512. The van der Waals surface area contributed by atoms with Crippen LogP contribution in [0.15, 0.2) is 12.2 Å². The number of hydrogen-bond acceptors (Lipinski definition) is 2. The van der Waals surface area contributed by atoms with Gasteiger partial charge in [0.2, 0.25) is 0 Å². The first-order valence-corrected chi connectivity index (χ1v) is 5.82. The van der Waals surface area contributed by atoms with E-state index in [4.69, 9.17) is 4.74 Å². The van der Waals surface area contributed by atoms with Crippen LogP contribution in [0.3, 0.4) is 0 Å². The highest BCUT2D eigenvalue weighted by molar-refractivity contribution is 4.97. The molecular weight excluding hydrogens is 174 g/mol. The van der Waals surface area contributed by atoms with Crippen molar-refractivity contribution in [3.63, 3.8) is 0 Å². The van der Waals surface area contributed by atoms with Crippen LogP contribution in [0, 0.1) is 0 Å². The number of ether oxygens (including phenoxy) is 1. The fraction of sp³-hybridized carbons (Fsp3) is 0.833. The van der Waals surface area contributed by atoms with Crippen LogP contribution in [-0.4, -0.2) is 25.8 Å². The van der Waals surface area contributed by atoms with Gasteiger partial charge >= 0.3 is 0 Å². The van der Waals surface area contributed by atoms with Crippen molar-refractivity contribution in [2.45, 2.75) is 45.1 Å². The Morgan fingerprint density at radius 2 is 2.14 bits per heavy atom. The molecule has 1 aliphatic carbocycles. The van der Waals surface area contributed by atoms with Gasteiger partial charge in [0.25, 0.3) is 0 Å². The van der Waals surface area contributed by atoms with E-state index in [1.165, 1.54) is 37.7 Å². The molecule has 1 N–H and O–H groups in total. The lowest BCUT2D eigenvalue weighted by Crippen LogP contribution is -2.20. The normalized spacial score (nSPS) is 17.5. The summed E-state index contributed by atoms with van der Waals surface area (Å²) in [6.07, 6.45) is 6.86. The van der Waals surface area contributed by atoms with E-state index in [9.17, 15) is 0 Å². The molecule has 0 atom stereocenters. The maximum Gasteiger partial charge on any atom is 0.0690 e. The van der Waals surface area contributed by atoms with E-state index in [1.807, 2.05) is 0 Å². The first-order valence-electron chi connectivity index (χ1n) is 5.82. The van der Waals surface area contributed by atoms with Gasteiger partial charge < -0.3 is 10.1 Å². The zero-order valence-corrected chi connectivity index (χ0v) is 9.35. The van der Waals surface area contributed by atoms with Crippen molar-refractivity contribution in [1.29, 1.82) is 0 Å². The highest BCUT2D eigenvalue weighted by Crippen LogP contribution is 2.21. The Bertz CT molecular complexity index is 162. The maximum atomic E-state index is 5.76. The van der Waals surface area contributed by atoms with Crippen LogP contribution < -0.4 is 5.32 Å². The van der Waals surface area contributed by atoms with Gasteiger partial charge in [-0.1, -0.05) is 26.3 Å². The molecule has 2 nitrogen and oxygen atoms in total. The van der Waals surface area contributed by atoms with Gasteiger partial charge in [0.05, 0.1) is 12.7 Å². The molecule has 0 aromatic carbocycles. The van der Waals surface area contributed by atoms with Crippen molar-refractivity contribution in [1.82, 2.24) is 5.32 Å². The van der Waals surface area contributed by atoms with Crippen molar-refractivity contribution < 1.29 is 4.74 Å². The van der Waals surface area contributed by atoms with Gasteiger partial charge in [-0.25, -0.2) is 0 Å². The Kier molecular flexibility index (Phi) is 5.88. The number of hydrogen-bond donors (Lipinski definition) is 1. The van der Waals surface area contributed by atoms with Crippen LogP contribution >= 0.6 is 0 Å². The Hall–Kier alpha value is -0.340. The molecular formula is C12H23NO. The first kappa shape index (κ1) is 11.7. The molecule has 1 saturated carbocycles. The Morgan fingerprint density at radius 3 is 2.79 bits per heavy atom. The van der Waals surface area contributed by atoms with E-state index in [2.05, 4.69) is 18.8 Å². The summed E-state index contributed by atoms with van der Waals surface area (Å²) in [5.74, 6) is 0. The molecule has 0 aromatic rings. The molecule has 0 aromatic heterocycles. The average molecular weight is 197 g/mol. The van der Waals surface area contributed by atoms with Gasteiger partial charge in [0, 0.05) is 6.54 Å². The summed E-state index contributed by atoms with van der Waals surface area (Å²) in [7, 11) is 0. The van der Waals surface area contributed by atoms with Gasteiger partial charge in [-0.05, 0) is 31.4 Å². The van der Waals surface area contributed by atoms with Crippen molar-refractivity contribution in [3.8, 4) is 0 Å². The largest absolute Gasteiger partial charge is 0.374 e. The summed E-state index contributed by atoms with van der Waals surface area (Å²) in [5, 5.41) is 3.33. The molecule has 0 heterocycles. The maximum absolute atomic E-state index is 5.76. The van der Waals surface area contributed by atoms with E-state index in [0.717, 1.165) is 19.7 Å². The second-order valence-corrected chi connectivity index (χ2v) is 4.14. The summed E-state index contributed by atoms with van der Waals surface area (Å²) >= 11 is 0. The quantitative estimate of drug-likeness (QED) is 0.500. The Morgan fingerprint density at radius 1 is 1.43 bits per heavy atom. The monoisotopic (exact) mass is 197 g/mol. The molecule has 0 bridgehead atoms. The Balaban J connectivity index is 1.96. The van der Waals surface area contributed by atoms with E-state index < -0.39 is 0 Å². The standard InChI is InChI=1S/C12H23NO/c1-3-8-13-9-11(2)10-14-12-6-4-5-7-12/h12-13H,2-10H2,1H3. The molecule has 1 fully saturated rings. The topological polar surface area (TPSA) is 21.3 Å². The summed E-state index contributed by atoms with van der Waals surface area (Å²) in [6, 6.07) is 0. The first-order chi connectivity index (χ1) is 6.83. The third kappa shape index (κ3) is 4.77. The van der Waals surface area contributed by atoms with Crippen molar-refractivity contribution in [2.75, 3.05) is 19.7 Å². The predicted molar refractivity (Wildman–Crippen MR) is 60.5 cm³/mol. The lowest BCUT2D eigenvalue weighted by Gasteiger charge is -2.12. The highest BCUT2D eigenvalue weighted by atomic mass is 16.5. The van der Waals surface area contributed by atoms with Crippen LogP contribution in [0.4, 0.5) is 0 Å².